The van der Waals surface area contributed by atoms with Crippen LogP contribution in [0.25, 0.3) is 0 Å². The topological polar surface area (TPSA) is 53.4 Å². The minimum absolute atomic E-state index is 0.394. The molecule has 1 atom stereocenters. The van der Waals surface area contributed by atoms with Crippen LogP contribution in [0.15, 0.2) is 0 Å². The van der Waals surface area contributed by atoms with Crippen molar-refractivity contribution in [1.82, 2.24) is 4.98 Å². The van der Waals surface area contributed by atoms with Crippen molar-refractivity contribution in [3.63, 3.8) is 0 Å². The van der Waals surface area contributed by atoms with Crippen LogP contribution < -0.4 is 4.90 Å². The molecule has 0 aliphatic heterocycles. The van der Waals surface area contributed by atoms with Crippen LogP contribution in [0.2, 0.25) is 0 Å². The zero-order valence-corrected chi connectivity index (χ0v) is 13.5. The van der Waals surface area contributed by atoms with E-state index in [1.54, 1.807) is 11.3 Å². The monoisotopic (exact) mass is 296 g/mol. The molecule has 1 unspecified atom stereocenters. The summed E-state index contributed by atoms with van der Waals surface area (Å²) in [6.07, 6.45) is 1.57. The Hall–Kier alpha value is -1.10. The van der Waals surface area contributed by atoms with Gasteiger partial charge in [0.2, 0.25) is 0 Å². The Morgan fingerprint density at radius 3 is 2.45 bits per heavy atom. The molecule has 0 aromatic carbocycles. The average Bonchev–Trinajstić information content (AvgIpc) is 2.84. The second-order valence-corrected chi connectivity index (χ2v) is 7.49. The quantitative estimate of drug-likeness (QED) is 0.874. The van der Waals surface area contributed by atoms with Crippen LogP contribution in [-0.2, 0) is 11.2 Å². The number of fused-ring (bicyclic) bond motifs is 1. The van der Waals surface area contributed by atoms with Gasteiger partial charge in [0.1, 0.15) is 5.92 Å². The van der Waals surface area contributed by atoms with E-state index in [-0.39, 0.29) is 0 Å². The van der Waals surface area contributed by atoms with Gasteiger partial charge >= 0.3 is 5.97 Å². The normalized spacial score (nSPS) is 17.8. The summed E-state index contributed by atoms with van der Waals surface area (Å²) >= 11 is 1.69. The zero-order valence-electron chi connectivity index (χ0n) is 12.7. The van der Waals surface area contributed by atoms with Gasteiger partial charge < -0.3 is 10.0 Å². The van der Waals surface area contributed by atoms with Crippen LogP contribution in [0.1, 0.15) is 50.6 Å². The van der Waals surface area contributed by atoms with E-state index in [9.17, 15) is 9.90 Å². The minimum atomic E-state index is -0.736. The van der Waals surface area contributed by atoms with Gasteiger partial charge in [-0.05, 0) is 24.7 Å². The first kappa shape index (κ1) is 15.3. The number of rotatable bonds is 6. The van der Waals surface area contributed by atoms with Crippen molar-refractivity contribution in [3.8, 4) is 0 Å². The van der Waals surface area contributed by atoms with Gasteiger partial charge in [-0.2, -0.15) is 0 Å². The van der Waals surface area contributed by atoms with Crippen molar-refractivity contribution in [2.45, 2.75) is 46.5 Å². The number of aryl methyl sites for hydroxylation is 1. The summed E-state index contributed by atoms with van der Waals surface area (Å²) in [5.41, 5.74) is 0.815. The molecule has 4 nitrogen and oxygen atoms in total. The number of aromatic nitrogens is 1. The summed E-state index contributed by atoms with van der Waals surface area (Å²) in [5, 5.41) is 10.3. The third kappa shape index (κ3) is 3.32. The van der Waals surface area contributed by atoms with Crippen LogP contribution in [-0.4, -0.2) is 29.1 Å². The van der Waals surface area contributed by atoms with Crippen LogP contribution in [0.4, 0.5) is 5.13 Å². The molecule has 1 heterocycles. The van der Waals surface area contributed by atoms with Crippen molar-refractivity contribution in [2.75, 3.05) is 18.0 Å². The Bertz CT molecular complexity index is 472. The highest BCUT2D eigenvalue weighted by Gasteiger charge is 2.33. The summed E-state index contributed by atoms with van der Waals surface area (Å²) in [6, 6.07) is 0. The minimum Gasteiger partial charge on any atom is -0.481 e. The summed E-state index contributed by atoms with van der Waals surface area (Å²) in [7, 11) is 0. The van der Waals surface area contributed by atoms with Crippen LogP contribution in [0.3, 0.4) is 0 Å². The molecule has 0 fully saturated rings. The highest BCUT2D eigenvalue weighted by molar-refractivity contribution is 7.15. The van der Waals surface area contributed by atoms with E-state index in [0.717, 1.165) is 30.3 Å². The number of hydrogen-bond donors (Lipinski definition) is 1. The molecule has 0 saturated heterocycles. The second-order valence-electron chi connectivity index (χ2n) is 6.43. The Morgan fingerprint density at radius 1 is 1.35 bits per heavy atom. The molecule has 0 bridgehead atoms. The molecule has 112 valence electrons. The standard InChI is InChI=1S/C15H24N2O2S/c1-9(2)7-17(8-10(3)4)15-16-13-11(14(18)19)5-6-12(13)20-15/h9-11H,5-8H2,1-4H3,(H,18,19). The summed E-state index contributed by atoms with van der Waals surface area (Å²) in [5.74, 6) is 0.0142. The van der Waals surface area contributed by atoms with Crippen molar-refractivity contribution >= 4 is 22.4 Å². The van der Waals surface area contributed by atoms with Crippen LogP contribution in [0, 0.1) is 11.8 Å². The van der Waals surface area contributed by atoms with Crippen LogP contribution in [0.5, 0.6) is 0 Å². The predicted octanol–water partition coefficient (Wildman–Crippen LogP) is 3.38. The third-order valence-corrected chi connectivity index (χ3v) is 4.64. The van der Waals surface area contributed by atoms with Gasteiger partial charge in [0.25, 0.3) is 0 Å². The molecule has 0 saturated carbocycles. The molecular weight excluding hydrogens is 272 g/mol. The van der Waals surface area contributed by atoms with Crippen molar-refractivity contribution in [3.05, 3.63) is 10.6 Å². The molecule has 5 heteroatoms. The zero-order chi connectivity index (χ0) is 14.9. The molecule has 0 spiro atoms. The van der Waals surface area contributed by atoms with E-state index in [2.05, 4.69) is 37.6 Å². The van der Waals surface area contributed by atoms with Crippen molar-refractivity contribution in [1.29, 1.82) is 0 Å². The van der Waals surface area contributed by atoms with E-state index in [4.69, 9.17) is 0 Å². The fourth-order valence-corrected chi connectivity index (χ4v) is 3.86. The van der Waals surface area contributed by atoms with E-state index in [0.29, 0.717) is 18.3 Å². The van der Waals surface area contributed by atoms with Crippen molar-refractivity contribution < 1.29 is 9.90 Å². The molecule has 1 aromatic heterocycles. The molecule has 1 aromatic rings. The number of aliphatic carboxylic acids is 1. The van der Waals surface area contributed by atoms with E-state index in [1.807, 2.05) is 0 Å². The maximum atomic E-state index is 11.2. The Kier molecular flexibility index (Phi) is 4.68. The van der Waals surface area contributed by atoms with Gasteiger partial charge in [0, 0.05) is 18.0 Å². The van der Waals surface area contributed by atoms with E-state index in [1.165, 1.54) is 4.88 Å². The smallest absolute Gasteiger partial charge is 0.312 e. The molecule has 0 amide bonds. The first-order valence-corrected chi connectivity index (χ1v) is 8.17. The van der Waals surface area contributed by atoms with Gasteiger partial charge in [0.15, 0.2) is 5.13 Å². The highest BCUT2D eigenvalue weighted by Crippen LogP contribution is 2.39. The molecule has 1 aliphatic rings. The van der Waals surface area contributed by atoms with Gasteiger partial charge in [0.05, 0.1) is 5.69 Å². The highest BCUT2D eigenvalue weighted by atomic mass is 32.1. The van der Waals surface area contributed by atoms with Crippen molar-refractivity contribution in [2.24, 2.45) is 11.8 Å². The lowest BCUT2D eigenvalue weighted by molar-refractivity contribution is -0.138. The van der Waals surface area contributed by atoms with Gasteiger partial charge in [-0.25, -0.2) is 4.98 Å². The SMILES string of the molecule is CC(C)CN(CC(C)C)c1nc2c(s1)CCC2C(=O)O. The maximum absolute atomic E-state index is 11.2. The molecule has 20 heavy (non-hydrogen) atoms. The van der Waals surface area contributed by atoms with Gasteiger partial charge in [-0.3, -0.25) is 4.79 Å². The summed E-state index contributed by atoms with van der Waals surface area (Å²) in [6.45, 7) is 10.8. The Labute approximate surface area is 124 Å². The molecule has 1 aliphatic carbocycles. The number of carbonyl (C=O) groups is 1. The number of carboxylic acid groups (broad SMARTS) is 1. The number of hydrogen-bond acceptors (Lipinski definition) is 4. The first-order chi connectivity index (χ1) is 9.38. The number of carboxylic acids is 1. The molecule has 1 N–H and O–H groups in total. The Morgan fingerprint density at radius 2 is 1.95 bits per heavy atom. The summed E-state index contributed by atoms with van der Waals surface area (Å²) in [4.78, 5) is 19.4. The number of nitrogens with zero attached hydrogens (tertiary/aromatic N) is 2. The maximum Gasteiger partial charge on any atom is 0.312 e. The fraction of sp³-hybridized carbons (Fsp3) is 0.733. The number of thiazole rings is 1. The lowest BCUT2D eigenvalue weighted by Gasteiger charge is -2.25. The van der Waals surface area contributed by atoms with Gasteiger partial charge in [-0.15, -0.1) is 11.3 Å². The third-order valence-electron chi connectivity index (χ3n) is 3.45. The first-order valence-electron chi connectivity index (χ1n) is 7.35. The summed E-state index contributed by atoms with van der Waals surface area (Å²) < 4.78 is 0. The lowest BCUT2D eigenvalue weighted by Crippen LogP contribution is -2.31. The molecule has 2 rings (SSSR count). The second kappa shape index (κ2) is 6.12. The van der Waals surface area contributed by atoms with E-state index >= 15 is 0 Å². The van der Waals surface area contributed by atoms with Crippen LogP contribution >= 0.6 is 11.3 Å². The largest absolute Gasteiger partial charge is 0.481 e. The predicted molar refractivity (Wildman–Crippen MR) is 82.7 cm³/mol. The Balaban J connectivity index is 2.22. The lowest BCUT2D eigenvalue weighted by atomic mass is 10.1. The number of anilines is 1. The molecular formula is C15H24N2O2S. The van der Waals surface area contributed by atoms with E-state index < -0.39 is 11.9 Å². The van der Waals surface area contributed by atoms with Gasteiger partial charge in [-0.1, -0.05) is 27.7 Å². The fourth-order valence-electron chi connectivity index (χ4n) is 2.70. The average molecular weight is 296 g/mol. The molecule has 0 radical (unpaired) electrons.